The summed E-state index contributed by atoms with van der Waals surface area (Å²) in [6.45, 7) is 3.23. The minimum absolute atomic E-state index is 0.114. The second-order valence-corrected chi connectivity index (χ2v) is 6.10. The molecule has 1 aliphatic carbocycles. The van der Waals surface area contributed by atoms with Crippen molar-refractivity contribution in [1.29, 1.82) is 0 Å². The lowest BCUT2D eigenvalue weighted by Gasteiger charge is -2.20. The summed E-state index contributed by atoms with van der Waals surface area (Å²) in [7, 11) is 0. The summed E-state index contributed by atoms with van der Waals surface area (Å²) in [5, 5.41) is 21.6. The predicted molar refractivity (Wildman–Crippen MR) is 74.5 cm³/mol. The summed E-state index contributed by atoms with van der Waals surface area (Å²) in [5.74, 6) is 2.59. The third-order valence-corrected chi connectivity index (χ3v) is 4.61. The van der Waals surface area contributed by atoms with Crippen molar-refractivity contribution in [3.8, 4) is 0 Å². The van der Waals surface area contributed by atoms with E-state index in [9.17, 15) is 5.11 Å². The molecule has 0 radical (unpaired) electrons. The highest BCUT2D eigenvalue weighted by Gasteiger charge is 2.25. The van der Waals surface area contributed by atoms with Gasteiger partial charge >= 0.3 is 0 Å². The van der Waals surface area contributed by atoms with E-state index in [-0.39, 0.29) is 6.61 Å². The maximum Gasteiger partial charge on any atom is 0.0861 e. The highest BCUT2D eigenvalue weighted by atomic mass is 32.2. The lowest BCUT2D eigenvalue weighted by Crippen LogP contribution is -2.33. The zero-order valence-electron chi connectivity index (χ0n) is 10.9. The Bertz CT molecular complexity index is 192. The van der Waals surface area contributed by atoms with Crippen molar-refractivity contribution in [2.45, 2.75) is 51.2 Å². The van der Waals surface area contributed by atoms with E-state index in [0.29, 0.717) is 5.75 Å². The lowest BCUT2D eigenvalue weighted by atomic mass is 10.0. The Morgan fingerprint density at radius 3 is 2.94 bits per heavy atom. The maximum absolute atomic E-state index is 9.23. The molecule has 3 nitrogen and oxygen atoms in total. The van der Waals surface area contributed by atoms with Gasteiger partial charge in [-0.25, -0.2) is 0 Å². The monoisotopic (exact) mass is 261 g/mol. The summed E-state index contributed by atoms with van der Waals surface area (Å²) < 4.78 is 0. The van der Waals surface area contributed by atoms with Crippen LogP contribution < -0.4 is 5.32 Å². The molecule has 0 aromatic heterocycles. The highest BCUT2D eigenvalue weighted by molar-refractivity contribution is 7.99. The standard InChI is InChI=1S/C13H27NO2S/c1-2-7-14-13-5-3-4-11(13)6-8-17-10-12(16)9-15/h11-16H,2-10H2,1H3. The number of thioether (sulfide) groups is 1. The molecule has 1 rings (SSSR count). The van der Waals surface area contributed by atoms with Gasteiger partial charge in [0.05, 0.1) is 12.7 Å². The summed E-state index contributed by atoms with van der Waals surface area (Å²) >= 11 is 1.76. The average molecular weight is 261 g/mol. The summed E-state index contributed by atoms with van der Waals surface area (Å²) in [6.07, 6.45) is 5.94. The quantitative estimate of drug-likeness (QED) is 0.552. The van der Waals surface area contributed by atoms with Gasteiger partial charge in [0.25, 0.3) is 0 Å². The van der Waals surface area contributed by atoms with Crippen LogP contribution in [0.15, 0.2) is 0 Å². The predicted octanol–water partition coefficient (Wildman–Crippen LogP) is 1.63. The highest BCUT2D eigenvalue weighted by Crippen LogP contribution is 2.29. The van der Waals surface area contributed by atoms with Gasteiger partial charge in [-0.2, -0.15) is 11.8 Å². The molecule has 102 valence electrons. The summed E-state index contributed by atoms with van der Waals surface area (Å²) in [5.41, 5.74) is 0. The largest absolute Gasteiger partial charge is 0.394 e. The Kier molecular flexibility index (Phi) is 8.27. The van der Waals surface area contributed by atoms with E-state index in [1.165, 1.54) is 32.1 Å². The molecule has 0 spiro atoms. The van der Waals surface area contributed by atoms with E-state index in [1.807, 2.05) is 0 Å². The van der Waals surface area contributed by atoms with E-state index in [1.54, 1.807) is 11.8 Å². The minimum Gasteiger partial charge on any atom is -0.394 e. The molecule has 0 amide bonds. The Hall–Kier alpha value is 0.230. The number of hydrogen-bond donors (Lipinski definition) is 3. The van der Waals surface area contributed by atoms with Crippen molar-refractivity contribution < 1.29 is 10.2 Å². The Morgan fingerprint density at radius 2 is 2.24 bits per heavy atom. The average Bonchev–Trinajstić information content (AvgIpc) is 2.79. The van der Waals surface area contributed by atoms with Crippen LogP contribution in [0.1, 0.15) is 39.0 Å². The van der Waals surface area contributed by atoms with Crippen LogP contribution in [0.4, 0.5) is 0 Å². The molecule has 3 N–H and O–H groups in total. The maximum atomic E-state index is 9.23. The molecule has 0 heterocycles. The topological polar surface area (TPSA) is 52.5 Å². The van der Waals surface area contributed by atoms with Gasteiger partial charge in [0.15, 0.2) is 0 Å². The Balaban J connectivity index is 2.08. The van der Waals surface area contributed by atoms with Crippen molar-refractivity contribution in [2.24, 2.45) is 5.92 Å². The smallest absolute Gasteiger partial charge is 0.0861 e. The van der Waals surface area contributed by atoms with Crippen LogP contribution in [0.5, 0.6) is 0 Å². The SMILES string of the molecule is CCCNC1CCCC1CCSCC(O)CO. The van der Waals surface area contributed by atoms with Gasteiger partial charge in [0.1, 0.15) is 0 Å². The van der Waals surface area contributed by atoms with Crippen LogP contribution in [0.2, 0.25) is 0 Å². The van der Waals surface area contributed by atoms with Crippen LogP contribution in [-0.4, -0.2) is 47.0 Å². The fraction of sp³-hybridized carbons (Fsp3) is 1.00. The third kappa shape index (κ3) is 6.09. The molecule has 17 heavy (non-hydrogen) atoms. The first-order valence-electron chi connectivity index (χ1n) is 6.88. The second-order valence-electron chi connectivity index (χ2n) is 4.95. The van der Waals surface area contributed by atoms with Gasteiger partial charge in [-0.05, 0) is 43.9 Å². The van der Waals surface area contributed by atoms with Gasteiger partial charge in [-0.15, -0.1) is 0 Å². The van der Waals surface area contributed by atoms with Gasteiger partial charge in [-0.1, -0.05) is 13.3 Å². The summed E-state index contributed by atoms with van der Waals surface area (Å²) in [6, 6.07) is 0.721. The fourth-order valence-electron chi connectivity index (χ4n) is 2.49. The lowest BCUT2D eigenvalue weighted by molar-refractivity contribution is 0.113. The van der Waals surface area contributed by atoms with Crippen molar-refractivity contribution in [3.05, 3.63) is 0 Å². The molecule has 3 unspecified atom stereocenters. The first kappa shape index (κ1) is 15.3. The molecule has 4 heteroatoms. The Labute approximate surface area is 109 Å². The molecule has 0 aliphatic heterocycles. The zero-order chi connectivity index (χ0) is 12.5. The van der Waals surface area contributed by atoms with Crippen molar-refractivity contribution in [3.63, 3.8) is 0 Å². The third-order valence-electron chi connectivity index (χ3n) is 3.47. The normalized spacial score (nSPS) is 26.3. The van der Waals surface area contributed by atoms with Gasteiger partial charge in [0.2, 0.25) is 0 Å². The van der Waals surface area contributed by atoms with Crippen LogP contribution in [0, 0.1) is 5.92 Å². The number of aliphatic hydroxyl groups is 2. The number of hydrogen-bond acceptors (Lipinski definition) is 4. The Morgan fingerprint density at radius 1 is 1.41 bits per heavy atom. The van der Waals surface area contributed by atoms with E-state index in [0.717, 1.165) is 24.3 Å². The number of aliphatic hydroxyl groups excluding tert-OH is 2. The molecule has 1 fully saturated rings. The molecular weight excluding hydrogens is 234 g/mol. The fourth-order valence-corrected chi connectivity index (χ4v) is 3.50. The minimum atomic E-state index is -0.544. The molecule has 0 saturated heterocycles. The van der Waals surface area contributed by atoms with E-state index < -0.39 is 6.10 Å². The van der Waals surface area contributed by atoms with E-state index in [4.69, 9.17) is 5.11 Å². The van der Waals surface area contributed by atoms with Gasteiger partial charge in [-0.3, -0.25) is 0 Å². The second kappa shape index (κ2) is 9.20. The first-order chi connectivity index (χ1) is 8.27. The molecular formula is C13H27NO2S. The van der Waals surface area contributed by atoms with Crippen LogP contribution in [-0.2, 0) is 0 Å². The molecule has 1 aliphatic rings. The molecule has 1 saturated carbocycles. The molecule has 0 bridgehead atoms. The van der Waals surface area contributed by atoms with Crippen molar-refractivity contribution in [2.75, 3.05) is 24.7 Å². The van der Waals surface area contributed by atoms with Crippen LogP contribution in [0.25, 0.3) is 0 Å². The molecule has 0 aromatic rings. The zero-order valence-corrected chi connectivity index (χ0v) is 11.7. The van der Waals surface area contributed by atoms with Crippen LogP contribution in [0.3, 0.4) is 0 Å². The number of rotatable bonds is 9. The van der Waals surface area contributed by atoms with Crippen LogP contribution >= 0.6 is 11.8 Å². The first-order valence-corrected chi connectivity index (χ1v) is 8.03. The van der Waals surface area contributed by atoms with E-state index in [2.05, 4.69) is 12.2 Å². The summed E-state index contributed by atoms with van der Waals surface area (Å²) in [4.78, 5) is 0. The van der Waals surface area contributed by atoms with Gasteiger partial charge < -0.3 is 15.5 Å². The molecule has 3 atom stereocenters. The van der Waals surface area contributed by atoms with Crippen molar-refractivity contribution >= 4 is 11.8 Å². The van der Waals surface area contributed by atoms with Crippen molar-refractivity contribution in [1.82, 2.24) is 5.32 Å². The van der Waals surface area contributed by atoms with Gasteiger partial charge in [0, 0.05) is 11.8 Å². The van der Waals surface area contributed by atoms with E-state index >= 15 is 0 Å². The number of nitrogens with one attached hydrogen (secondary N) is 1. The molecule has 0 aromatic carbocycles.